The number of benzene rings is 1. The minimum absolute atomic E-state index is 0.0288. The number of carbonyl (C=O) groups is 1. The first-order chi connectivity index (χ1) is 13.9. The van der Waals surface area contributed by atoms with E-state index in [9.17, 15) is 18.0 Å². The van der Waals surface area contributed by atoms with E-state index in [4.69, 9.17) is 16.3 Å². The Kier molecular flexibility index (Phi) is 5.70. The van der Waals surface area contributed by atoms with Crippen LogP contribution in [0.2, 0.25) is 5.02 Å². The van der Waals surface area contributed by atoms with Crippen LogP contribution in [0.25, 0.3) is 17.0 Å². The van der Waals surface area contributed by atoms with Gasteiger partial charge in [0.05, 0.1) is 11.1 Å². The number of likely N-dealkylation sites (N-methyl/N-ethyl adjacent to an activating group) is 1. The van der Waals surface area contributed by atoms with Gasteiger partial charge in [-0.15, -0.1) is 10.2 Å². The van der Waals surface area contributed by atoms with Crippen LogP contribution < -0.4 is 10.1 Å². The topological polar surface area (TPSA) is 87.6 Å². The fourth-order valence-electron chi connectivity index (χ4n) is 2.80. The first-order valence-corrected chi connectivity index (χ1v) is 9.19. The lowest BCUT2D eigenvalue weighted by Gasteiger charge is -2.28. The molecule has 0 spiro atoms. The molecule has 0 bridgehead atoms. The first-order valence-electron chi connectivity index (χ1n) is 8.81. The van der Waals surface area contributed by atoms with Crippen molar-refractivity contribution in [1.82, 2.24) is 30.0 Å². The summed E-state index contributed by atoms with van der Waals surface area (Å²) in [5.41, 5.74) is -0.960. The number of rotatable bonds is 6. The number of aromatic amines is 1. The average molecular weight is 445 g/mol. The number of alkyl halides is 3. The van der Waals surface area contributed by atoms with Gasteiger partial charge in [-0.2, -0.15) is 13.2 Å². The van der Waals surface area contributed by atoms with Crippen molar-refractivity contribution in [2.45, 2.75) is 25.6 Å². The third-order valence-corrected chi connectivity index (χ3v) is 4.75. The van der Waals surface area contributed by atoms with Crippen LogP contribution in [0.5, 0.6) is 5.88 Å². The number of H-pyrrole nitrogens is 1. The Morgan fingerprint density at radius 2 is 1.87 bits per heavy atom. The fourth-order valence-corrected chi connectivity index (χ4v) is 3.02. The predicted octanol–water partition coefficient (Wildman–Crippen LogP) is 3.19. The molecule has 0 unspecified atom stereocenters. The minimum Gasteiger partial charge on any atom is -0.461 e. The molecular weight excluding hydrogens is 425 g/mol. The van der Waals surface area contributed by atoms with Crippen molar-refractivity contribution in [3.05, 3.63) is 34.9 Å². The van der Waals surface area contributed by atoms with Crippen LogP contribution in [-0.2, 0) is 11.0 Å². The molecule has 1 aromatic carbocycles. The quantitative estimate of drug-likeness (QED) is 0.570. The molecule has 3 rings (SSSR count). The molecule has 12 heteroatoms. The number of hydrogen-bond donors (Lipinski definition) is 2. The van der Waals surface area contributed by atoms with Crippen molar-refractivity contribution in [1.29, 1.82) is 0 Å². The molecule has 2 aromatic heterocycles. The van der Waals surface area contributed by atoms with E-state index in [1.165, 1.54) is 21.5 Å². The van der Waals surface area contributed by atoms with E-state index in [0.717, 1.165) is 12.1 Å². The number of aromatic nitrogens is 4. The number of hydrogen-bond acceptors (Lipinski definition) is 5. The Labute approximate surface area is 174 Å². The lowest BCUT2D eigenvalue weighted by Crippen LogP contribution is -2.53. The second-order valence-corrected chi connectivity index (χ2v) is 7.68. The Morgan fingerprint density at radius 3 is 2.43 bits per heavy atom. The third kappa shape index (κ3) is 4.21. The standard InChI is InChI=1S/C18H20ClF3N6O2/c1-17(2,16(29)27(3)4)23-9-30-15-12(19)14-25-24-13(28(14)26-15)10-5-7-11(8-6-10)18(20,21)22/h5-8,23,26H,9H2,1-4H3. The Hall–Kier alpha value is -2.79. The summed E-state index contributed by atoms with van der Waals surface area (Å²) in [4.78, 5) is 13.6. The lowest BCUT2D eigenvalue weighted by atomic mass is 10.0. The molecule has 0 radical (unpaired) electrons. The maximum Gasteiger partial charge on any atom is 0.416 e. The van der Waals surface area contributed by atoms with E-state index in [1.54, 1.807) is 27.9 Å². The first kappa shape index (κ1) is 21.9. The SMILES string of the molecule is CN(C)C(=O)C(C)(C)NCOc1[nH]n2c(-c3ccc(C(F)(F)F)cc3)nnc2c1Cl. The van der Waals surface area contributed by atoms with Gasteiger partial charge < -0.3 is 9.64 Å². The molecular formula is C18H20ClF3N6O2. The monoisotopic (exact) mass is 444 g/mol. The van der Waals surface area contributed by atoms with Gasteiger partial charge in [-0.05, 0) is 26.0 Å². The summed E-state index contributed by atoms with van der Waals surface area (Å²) in [5, 5.41) is 13.9. The normalized spacial score (nSPS) is 12.4. The number of halogens is 4. The minimum atomic E-state index is -4.43. The highest BCUT2D eigenvalue weighted by molar-refractivity contribution is 6.34. The lowest BCUT2D eigenvalue weighted by molar-refractivity contribution is -0.137. The number of carbonyl (C=O) groups excluding carboxylic acids is 1. The van der Waals surface area contributed by atoms with Crippen LogP contribution in [0.3, 0.4) is 0 Å². The maximum atomic E-state index is 12.8. The van der Waals surface area contributed by atoms with Crippen molar-refractivity contribution in [2.75, 3.05) is 20.8 Å². The van der Waals surface area contributed by atoms with E-state index < -0.39 is 17.3 Å². The van der Waals surface area contributed by atoms with Crippen LogP contribution >= 0.6 is 11.6 Å². The van der Waals surface area contributed by atoms with Crippen LogP contribution in [0, 0.1) is 0 Å². The van der Waals surface area contributed by atoms with E-state index in [0.29, 0.717) is 5.56 Å². The highest BCUT2D eigenvalue weighted by Crippen LogP contribution is 2.32. The van der Waals surface area contributed by atoms with Gasteiger partial charge in [-0.25, -0.2) is 4.52 Å². The molecule has 0 aliphatic rings. The van der Waals surface area contributed by atoms with Crippen LogP contribution in [0.15, 0.2) is 24.3 Å². The molecule has 162 valence electrons. The zero-order valence-corrected chi connectivity index (χ0v) is 17.4. The van der Waals surface area contributed by atoms with Gasteiger partial charge in [0.1, 0.15) is 11.8 Å². The summed E-state index contributed by atoms with van der Waals surface area (Å²) >= 11 is 6.27. The maximum absolute atomic E-state index is 12.8. The predicted molar refractivity (Wildman–Crippen MR) is 104 cm³/mol. The molecule has 30 heavy (non-hydrogen) atoms. The van der Waals surface area contributed by atoms with Crippen molar-refractivity contribution in [3.63, 3.8) is 0 Å². The molecule has 1 amide bonds. The summed E-state index contributed by atoms with van der Waals surface area (Å²) in [6.07, 6.45) is -4.43. The van der Waals surface area contributed by atoms with E-state index in [2.05, 4.69) is 20.6 Å². The highest BCUT2D eigenvalue weighted by atomic mass is 35.5. The molecule has 8 nitrogen and oxygen atoms in total. The summed E-state index contributed by atoms with van der Waals surface area (Å²) in [6, 6.07) is 4.52. The van der Waals surface area contributed by atoms with E-state index in [-0.39, 0.29) is 35.0 Å². The zero-order valence-electron chi connectivity index (χ0n) is 16.6. The molecule has 0 fully saturated rings. The van der Waals surface area contributed by atoms with Gasteiger partial charge in [0.15, 0.2) is 11.5 Å². The molecule has 2 N–H and O–H groups in total. The zero-order chi connectivity index (χ0) is 22.3. The molecule has 0 aliphatic carbocycles. The molecule has 3 aromatic rings. The van der Waals surface area contributed by atoms with Gasteiger partial charge in [-0.3, -0.25) is 15.2 Å². The molecule has 0 saturated carbocycles. The van der Waals surface area contributed by atoms with Crippen LogP contribution in [0.1, 0.15) is 19.4 Å². The van der Waals surface area contributed by atoms with Gasteiger partial charge >= 0.3 is 6.18 Å². The number of nitrogens with one attached hydrogen (secondary N) is 2. The van der Waals surface area contributed by atoms with Crippen molar-refractivity contribution in [3.8, 4) is 17.3 Å². The molecule has 0 aliphatic heterocycles. The second-order valence-electron chi connectivity index (χ2n) is 7.30. The smallest absolute Gasteiger partial charge is 0.416 e. The van der Waals surface area contributed by atoms with E-state index in [1.807, 2.05) is 0 Å². The number of amides is 1. The number of nitrogens with zero attached hydrogens (tertiary/aromatic N) is 4. The van der Waals surface area contributed by atoms with Crippen LogP contribution in [-0.4, -0.2) is 57.0 Å². The summed E-state index contributed by atoms with van der Waals surface area (Å²) in [5.74, 6) is 0.314. The molecule has 2 heterocycles. The number of fused-ring (bicyclic) bond motifs is 1. The van der Waals surface area contributed by atoms with E-state index >= 15 is 0 Å². The Bertz CT molecular complexity index is 1060. The van der Waals surface area contributed by atoms with Crippen LogP contribution in [0.4, 0.5) is 13.2 Å². The van der Waals surface area contributed by atoms with Crippen molar-refractivity contribution >= 4 is 23.2 Å². The third-order valence-electron chi connectivity index (χ3n) is 4.41. The summed E-state index contributed by atoms with van der Waals surface area (Å²) in [7, 11) is 3.30. The fraction of sp³-hybridized carbons (Fsp3) is 0.389. The van der Waals surface area contributed by atoms with Gasteiger partial charge in [0.25, 0.3) is 0 Å². The Balaban J connectivity index is 1.79. The summed E-state index contributed by atoms with van der Waals surface area (Å²) in [6.45, 7) is 3.40. The highest BCUT2D eigenvalue weighted by Gasteiger charge is 2.31. The summed E-state index contributed by atoms with van der Waals surface area (Å²) < 4.78 is 45.3. The largest absolute Gasteiger partial charge is 0.461 e. The Morgan fingerprint density at radius 1 is 1.23 bits per heavy atom. The van der Waals surface area contributed by atoms with Gasteiger partial charge in [-0.1, -0.05) is 23.7 Å². The van der Waals surface area contributed by atoms with Crippen molar-refractivity contribution < 1.29 is 22.7 Å². The molecule has 0 saturated heterocycles. The van der Waals surface area contributed by atoms with Crippen molar-refractivity contribution in [2.24, 2.45) is 0 Å². The number of ether oxygens (including phenoxy) is 1. The van der Waals surface area contributed by atoms with Gasteiger partial charge in [0, 0.05) is 19.7 Å². The van der Waals surface area contributed by atoms with Gasteiger partial charge in [0.2, 0.25) is 11.8 Å². The second kappa shape index (κ2) is 7.80. The average Bonchev–Trinajstić information content (AvgIpc) is 3.21. The molecule has 0 atom stereocenters.